The molecule has 0 saturated carbocycles. The van der Waals surface area contributed by atoms with Crippen LogP contribution in [0.4, 0.5) is 0 Å². The molecule has 1 aliphatic rings. The van der Waals surface area contributed by atoms with Crippen LogP contribution < -0.4 is 5.73 Å². The molecule has 1 amide bonds. The van der Waals surface area contributed by atoms with E-state index in [-0.39, 0.29) is 24.4 Å². The molecule has 0 spiro atoms. The number of carbonyl (C=O) groups is 1. The number of nitrogens with two attached hydrogens (primary N) is 1. The minimum Gasteiger partial charge on any atom is -0.338 e. The van der Waals surface area contributed by atoms with Gasteiger partial charge in [-0.25, -0.2) is 4.52 Å². The topological polar surface area (TPSA) is 63.6 Å². The van der Waals surface area contributed by atoms with Crippen molar-refractivity contribution < 1.29 is 4.79 Å². The first-order valence-corrected chi connectivity index (χ1v) is 6.64. The van der Waals surface area contributed by atoms with E-state index >= 15 is 0 Å². The largest absolute Gasteiger partial charge is 0.338 e. The summed E-state index contributed by atoms with van der Waals surface area (Å²) in [5.41, 5.74) is 7.45. The van der Waals surface area contributed by atoms with Gasteiger partial charge in [-0.2, -0.15) is 5.10 Å². The Morgan fingerprint density at radius 3 is 3.00 bits per heavy atom. The molecule has 0 radical (unpaired) electrons. The van der Waals surface area contributed by atoms with E-state index in [9.17, 15) is 4.79 Å². The van der Waals surface area contributed by atoms with Gasteiger partial charge in [-0.05, 0) is 31.4 Å². The summed E-state index contributed by atoms with van der Waals surface area (Å²) in [5.74, 6) is 0.468. The molecule has 2 N–H and O–H groups in total. The zero-order valence-corrected chi connectivity index (χ0v) is 12.2. The monoisotopic (exact) mass is 294 g/mol. The molecule has 2 unspecified atom stereocenters. The predicted molar refractivity (Wildman–Crippen MR) is 80.1 cm³/mol. The zero-order valence-electron chi connectivity index (χ0n) is 11.4. The zero-order chi connectivity index (χ0) is 13.4. The number of hydrogen-bond donors (Lipinski definition) is 1. The van der Waals surface area contributed by atoms with Crippen molar-refractivity contribution in [1.82, 2.24) is 14.5 Å². The molecule has 5 nitrogen and oxygen atoms in total. The summed E-state index contributed by atoms with van der Waals surface area (Å²) in [5, 5.41) is 4.21. The van der Waals surface area contributed by atoms with Crippen molar-refractivity contribution in [3.8, 4) is 0 Å². The van der Waals surface area contributed by atoms with Crippen LogP contribution in [0.3, 0.4) is 0 Å². The normalized spacial score (nSPS) is 19.9. The van der Waals surface area contributed by atoms with Crippen molar-refractivity contribution >= 4 is 23.8 Å². The van der Waals surface area contributed by atoms with E-state index in [2.05, 4.69) is 5.10 Å². The van der Waals surface area contributed by atoms with Crippen LogP contribution in [0.15, 0.2) is 30.6 Å². The molecular formula is C14H19ClN4O. The highest BCUT2D eigenvalue weighted by molar-refractivity contribution is 6.00. The minimum atomic E-state index is 0. The van der Waals surface area contributed by atoms with Gasteiger partial charge in [0.2, 0.25) is 0 Å². The quantitative estimate of drug-likeness (QED) is 0.914. The Hall–Kier alpha value is -1.59. The maximum atomic E-state index is 12.5. The first-order chi connectivity index (χ1) is 9.16. The molecule has 3 heterocycles. The molecule has 6 heteroatoms. The Balaban J connectivity index is 0.00000147. The first-order valence-electron chi connectivity index (χ1n) is 6.64. The number of aromatic nitrogens is 2. The van der Waals surface area contributed by atoms with Crippen LogP contribution in [0.2, 0.25) is 0 Å². The van der Waals surface area contributed by atoms with E-state index in [1.54, 1.807) is 10.7 Å². The Kier molecular flexibility index (Phi) is 4.30. The summed E-state index contributed by atoms with van der Waals surface area (Å²) >= 11 is 0. The molecule has 1 aliphatic heterocycles. The smallest absolute Gasteiger partial charge is 0.257 e. The lowest BCUT2D eigenvalue weighted by molar-refractivity contribution is 0.0788. The van der Waals surface area contributed by atoms with Gasteiger partial charge in [0.25, 0.3) is 5.91 Å². The van der Waals surface area contributed by atoms with Gasteiger partial charge in [-0.3, -0.25) is 4.79 Å². The van der Waals surface area contributed by atoms with Crippen LogP contribution in [-0.4, -0.2) is 39.6 Å². The van der Waals surface area contributed by atoms with Crippen LogP contribution in [-0.2, 0) is 0 Å². The van der Waals surface area contributed by atoms with Gasteiger partial charge in [-0.15, -0.1) is 12.4 Å². The predicted octanol–water partition coefficient (Wildman–Crippen LogP) is 1.57. The summed E-state index contributed by atoms with van der Waals surface area (Å²) in [6.45, 7) is 3.55. The fraction of sp³-hybridized carbons (Fsp3) is 0.429. The first kappa shape index (κ1) is 14.8. The number of fused-ring (bicyclic) bond motifs is 1. The third-order valence-electron chi connectivity index (χ3n) is 3.91. The van der Waals surface area contributed by atoms with Crippen molar-refractivity contribution in [3.05, 3.63) is 36.2 Å². The van der Waals surface area contributed by atoms with Crippen LogP contribution in [0.5, 0.6) is 0 Å². The van der Waals surface area contributed by atoms with Gasteiger partial charge >= 0.3 is 0 Å². The molecular weight excluding hydrogens is 276 g/mol. The van der Waals surface area contributed by atoms with E-state index in [0.717, 1.165) is 25.0 Å². The molecule has 2 atom stereocenters. The average Bonchev–Trinajstić information content (AvgIpc) is 3.05. The molecule has 1 fully saturated rings. The molecule has 108 valence electrons. The number of pyridine rings is 1. The van der Waals surface area contributed by atoms with E-state index in [0.29, 0.717) is 11.5 Å². The SMILES string of the molecule is CC(N)C1CCN(C(=O)c2cnn3ccccc23)C1.Cl. The van der Waals surface area contributed by atoms with Gasteiger partial charge < -0.3 is 10.6 Å². The maximum absolute atomic E-state index is 12.5. The number of hydrogen-bond acceptors (Lipinski definition) is 3. The van der Waals surface area contributed by atoms with Gasteiger partial charge in [0, 0.05) is 25.3 Å². The Bertz CT molecular complexity index is 610. The summed E-state index contributed by atoms with van der Waals surface area (Å²) in [7, 11) is 0. The highest BCUT2D eigenvalue weighted by atomic mass is 35.5. The van der Waals surface area contributed by atoms with Crippen LogP contribution in [0.25, 0.3) is 5.52 Å². The lowest BCUT2D eigenvalue weighted by Gasteiger charge is -2.17. The third-order valence-corrected chi connectivity index (χ3v) is 3.91. The van der Waals surface area contributed by atoms with E-state index in [1.807, 2.05) is 36.2 Å². The van der Waals surface area contributed by atoms with Crippen LogP contribution in [0.1, 0.15) is 23.7 Å². The fourth-order valence-corrected chi connectivity index (χ4v) is 2.67. The molecule has 20 heavy (non-hydrogen) atoms. The summed E-state index contributed by atoms with van der Waals surface area (Å²) in [4.78, 5) is 14.4. The van der Waals surface area contributed by atoms with Gasteiger partial charge in [0.15, 0.2) is 0 Å². The molecule has 0 bridgehead atoms. The summed E-state index contributed by atoms with van der Waals surface area (Å²) in [6.07, 6.45) is 4.49. The van der Waals surface area contributed by atoms with Gasteiger partial charge in [0.05, 0.1) is 17.3 Å². The lowest BCUT2D eigenvalue weighted by Crippen LogP contribution is -2.32. The Morgan fingerprint density at radius 1 is 1.50 bits per heavy atom. The lowest BCUT2D eigenvalue weighted by atomic mass is 10.0. The number of amides is 1. The van der Waals surface area contributed by atoms with Gasteiger partial charge in [0.1, 0.15) is 0 Å². The van der Waals surface area contributed by atoms with Gasteiger partial charge in [-0.1, -0.05) is 6.07 Å². The van der Waals surface area contributed by atoms with Crippen LogP contribution in [0, 0.1) is 5.92 Å². The molecule has 2 aromatic heterocycles. The van der Waals surface area contributed by atoms with E-state index in [4.69, 9.17) is 5.73 Å². The standard InChI is InChI=1S/C14H18N4O.ClH/c1-10(15)11-5-7-17(9-11)14(19)12-8-16-18-6-3-2-4-13(12)18;/h2-4,6,8,10-11H,5,7,9,15H2,1H3;1H. The van der Waals surface area contributed by atoms with Crippen molar-refractivity contribution in [2.45, 2.75) is 19.4 Å². The molecule has 1 saturated heterocycles. The number of halogens is 1. The summed E-state index contributed by atoms with van der Waals surface area (Å²) < 4.78 is 1.73. The molecule has 0 aromatic carbocycles. The minimum absolute atomic E-state index is 0. The highest BCUT2D eigenvalue weighted by Crippen LogP contribution is 2.22. The van der Waals surface area contributed by atoms with E-state index in [1.165, 1.54) is 0 Å². The Labute approximate surface area is 124 Å². The summed E-state index contributed by atoms with van der Waals surface area (Å²) in [6, 6.07) is 5.87. The highest BCUT2D eigenvalue weighted by Gasteiger charge is 2.30. The Morgan fingerprint density at radius 2 is 2.30 bits per heavy atom. The average molecular weight is 295 g/mol. The second-order valence-corrected chi connectivity index (χ2v) is 5.25. The van der Waals surface area contributed by atoms with Crippen LogP contribution >= 0.6 is 12.4 Å². The number of carbonyl (C=O) groups excluding carboxylic acids is 1. The molecule has 3 rings (SSSR count). The van der Waals surface area contributed by atoms with Crippen molar-refractivity contribution in [2.75, 3.05) is 13.1 Å². The van der Waals surface area contributed by atoms with E-state index < -0.39 is 0 Å². The fourth-order valence-electron chi connectivity index (χ4n) is 2.67. The number of likely N-dealkylation sites (tertiary alicyclic amines) is 1. The second-order valence-electron chi connectivity index (χ2n) is 5.25. The van der Waals surface area contributed by atoms with Crippen molar-refractivity contribution in [3.63, 3.8) is 0 Å². The maximum Gasteiger partial charge on any atom is 0.257 e. The number of rotatable bonds is 2. The second kappa shape index (κ2) is 5.81. The molecule has 0 aliphatic carbocycles. The van der Waals surface area contributed by atoms with Crippen molar-refractivity contribution in [2.24, 2.45) is 11.7 Å². The third kappa shape index (κ3) is 2.51. The molecule has 2 aromatic rings. The van der Waals surface area contributed by atoms with Crippen molar-refractivity contribution in [1.29, 1.82) is 0 Å². The number of nitrogens with zero attached hydrogens (tertiary/aromatic N) is 3.